The Bertz CT molecular complexity index is 1040. The van der Waals surface area contributed by atoms with E-state index in [1.807, 2.05) is 12.1 Å². The van der Waals surface area contributed by atoms with Crippen LogP contribution in [0.5, 0.6) is 0 Å². The molecule has 0 aliphatic heterocycles. The molecule has 6 nitrogen and oxygen atoms in total. The first-order valence-electron chi connectivity index (χ1n) is 9.04. The standard InChI is InChI=1S/C20H19ClN4O2S/c21-14-9-23-25(11-14)10-12-5-7-13(8-6-12)19(27)24-20-17(18(22)26)15-3-1-2-4-16(15)28-20/h5-9,11H,1-4,10H2,(H2,22,26)(H,24,27). The lowest BCUT2D eigenvalue weighted by Gasteiger charge is -2.11. The highest BCUT2D eigenvalue weighted by molar-refractivity contribution is 7.17. The number of hydrogen-bond acceptors (Lipinski definition) is 4. The predicted octanol–water partition coefficient (Wildman–Crippen LogP) is 3.88. The number of aryl methyl sites for hydroxylation is 1. The Hall–Kier alpha value is -2.64. The summed E-state index contributed by atoms with van der Waals surface area (Å²) in [7, 11) is 0. The number of hydrogen-bond donors (Lipinski definition) is 2. The van der Waals surface area contributed by atoms with E-state index in [-0.39, 0.29) is 5.91 Å². The molecule has 28 heavy (non-hydrogen) atoms. The summed E-state index contributed by atoms with van der Waals surface area (Å²) in [5, 5.41) is 8.17. The second-order valence-corrected chi connectivity index (χ2v) is 8.33. The molecule has 1 aliphatic rings. The Morgan fingerprint density at radius 2 is 1.96 bits per heavy atom. The largest absolute Gasteiger partial charge is 0.365 e. The van der Waals surface area contributed by atoms with Crippen molar-refractivity contribution >= 4 is 39.8 Å². The number of aromatic nitrogens is 2. The van der Waals surface area contributed by atoms with Gasteiger partial charge in [0.1, 0.15) is 5.00 Å². The first-order chi connectivity index (χ1) is 13.5. The number of nitrogens with two attached hydrogens (primary N) is 1. The van der Waals surface area contributed by atoms with Gasteiger partial charge in [-0.05, 0) is 48.9 Å². The van der Waals surface area contributed by atoms with Crippen LogP contribution >= 0.6 is 22.9 Å². The molecule has 2 aromatic heterocycles. The number of carbonyl (C=O) groups excluding carboxylic acids is 2. The minimum absolute atomic E-state index is 0.255. The van der Waals surface area contributed by atoms with Gasteiger partial charge < -0.3 is 11.1 Å². The third kappa shape index (κ3) is 3.81. The number of primary amides is 1. The van der Waals surface area contributed by atoms with Crippen molar-refractivity contribution in [1.29, 1.82) is 0 Å². The number of nitrogens with zero attached hydrogens (tertiary/aromatic N) is 2. The van der Waals surface area contributed by atoms with Gasteiger partial charge in [0.25, 0.3) is 11.8 Å². The van der Waals surface area contributed by atoms with E-state index in [1.165, 1.54) is 11.3 Å². The van der Waals surface area contributed by atoms with Crippen LogP contribution in [-0.4, -0.2) is 21.6 Å². The van der Waals surface area contributed by atoms with Gasteiger partial charge in [-0.15, -0.1) is 11.3 Å². The molecule has 0 saturated carbocycles. The molecule has 0 bridgehead atoms. The molecule has 2 amide bonds. The summed E-state index contributed by atoms with van der Waals surface area (Å²) >= 11 is 7.34. The van der Waals surface area contributed by atoms with Crippen molar-refractivity contribution < 1.29 is 9.59 Å². The summed E-state index contributed by atoms with van der Waals surface area (Å²) in [4.78, 5) is 25.8. The van der Waals surface area contributed by atoms with Gasteiger partial charge in [-0.2, -0.15) is 5.10 Å². The number of amides is 2. The fourth-order valence-corrected chi connectivity index (χ4v) is 4.91. The average molecular weight is 415 g/mol. The third-order valence-electron chi connectivity index (χ3n) is 4.81. The van der Waals surface area contributed by atoms with E-state index in [9.17, 15) is 9.59 Å². The van der Waals surface area contributed by atoms with Gasteiger partial charge in [-0.1, -0.05) is 23.7 Å². The van der Waals surface area contributed by atoms with Crippen molar-refractivity contribution in [3.8, 4) is 0 Å². The minimum atomic E-state index is -0.483. The van der Waals surface area contributed by atoms with E-state index in [1.54, 1.807) is 29.2 Å². The topological polar surface area (TPSA) is 90.0 Å². The van der Waals surface area contributed by atoms with Crippen LogP contribution in [0, 0.1) is 0 Å². The molecule has 0 fully saturated rings. The number of fused-ring (bicyclic) bond motifs is 1. The summed E-state index contributed by atoms with van der Waals surface area (Å²) in [6.07, 6.45) is 7.24. The van der Waals surface area contributed by atoms with E-state index in [0.29, 0.717) is 27.7 Å². The SMILES string of the molecule is NC(=O)c1c(NC(=O)c2ccc(Cn3cc(Cl)cn3)cc2)sc2c1CCCC2. The first kappa shape index (κ1) is 18.7. The van der Waals surface area contributed by atoms with Gasteiger partial charge in [0, 0.05) is 16.6 Å². The summed E-state index contributed by atoms with van der Waals surface area (Å²) in [5.74, 6) is -0.738. The van der Waals surface area contributed by atoms with Crippen LogP contribution < -0.4 is 11.1 Å². The van der Waals surface area contributed by atoms with Crippen molar-refractivity contribution in [2.45, 2.75) is 32.2 Å². The summed E-state index contributed by atoms with van der Waals surface area (Å²) in [6.45, 7) is 0.568. The summed E-state index contributed by atoms with van der Waals surface area (Å²) in [6, 6.07) is 7.26. The van der Waals surface area contributed by atoms with Gasteiger partial charge in [-0.3, -0.25) is 14.3 Å². The molecular formula is C20H19ClN4O2S. The Labute approximate surface area is 171 Å². The zero-order chi connectivity index (χ0) is 19.7. The van der Waals surface area contributed by atoms with E-state index < -0.39 is 5.91 Å². The fraction of sp³-hybridized carbons (Fsp3) is 0.250. The molecular weight excluding hydrogens is 396 g/mol. The number of benzene rings is 1. The average Bonchev–Trinajstić information content (AvgIpc) is 3.24. The highest BCUT2D eigenvalue weighted by Crippen LogP contribution is 2.38. The number of halogens is 1. The Balaban J connectivity index is 1.51. The number of anilines is 1. The minimum Gasteiger partial charge on any atom is -0.365 e. The number of carbonyl (C=O) groups is 2. The van der Waals surface area contributed by atoms with Crippen molar-refractivity contribution in [2.75, 3.05) is 5.32 Å². The van der Waals surface area contributed by atoms with Gasteiger partial charge in [0.2, 0.25) is 0 Å². The van der Waals surface area contributed by atoms with E-state index in [0.717, 1.165) is 41.7 Å². The lowest BCUT2D eigenvalue weighted by atomic mass is 9.95. The molecule has 144 valence electrons. The molecule has 1 aliphatic carbocycles. The Kier molecular flexibility index (Phi) is 5.19. The summed E-state index contributed by atoms with van der Waals surface area (Å²) in [5.41, 5.74) is 8.59. The highest BCUT2D eigenvalue weighted by atomic mass is 35.5. The quantitative estimate of drug-likeness (QED) is 0.663. The molecule has 8 heteroatoms. The second-order valence-electron chi connectivity index (χ2n) is 6.79. The number of nitrogens with one attached hydrogen (secondary N) is 1. The molecule has 0 radical (unpaired) electrons. The van der Waals surface area contributed by atoms with Crippen molar-refractivity contribution in [2.24, 2.45) is 5.73 Å². The third-order valence-corrected chi connectivity index (χ3v) is 6.21. The van der Waals surface area contributed by atoms with Gasteiger partial charge in [-0.25, -0.2) is 0 Å². The zero-order valence-corrected chi connectivity index (χ0v) is 16.6. The number of rotatable bonds is 5. The molecule has 3 N–H and O–H groups in total. The zero-order valence-electron chi connectivity index (χ0n) is 15.1. The smallest absolute Gasteiger partial charge is 0.256 e. The highest BCUT2D eigenvalue weighted by Gasteiger charge is 2.25. The van der Waals surface area contributed by atoms with Gasteiger partial charge in [0.05, 0.1) is 23.3 Å². The second kappa shape index (κ2) is 7.77. The van der Waals surface area contributed by atoms with E-state index >= 15 is 0 Å². The Morgan fingerprint density at radius 1 is 1.21 bits per heavy atom. The van der Waals surface area contributed by atoms with Crippen molar-refractivity contribution in [1.82, 2.24) is 9.78 Å². The van der Waals surface area contributed by atoms with Gasteiger partial charge >= 0.3 is 0 Å². The van der Waals surface area contributed by atoms with Crippen molar-refractivity contribution in [3.05, 3.63) is 68.8 Å². The van der Waals surface area contributed by atoms with Crippen molar-refractivity contribution in [3.63, 3.8) is 0 Å². The van der Waals surface area contributed by atoms with E-state index in [4.69, 9.17) is 17.3 Å². The lowest BCUT2D eigenvalue weighted by molar-refractivity contribution is 0.100. The van der Waals surface area contributed by atoms with Crippen LogP contribution in [0.4, 0.5) is 5.00 Å². The molecule has 0 unspecified atom stereocenters. The first-order valence-corrected chi connectivity index (χ1v) is 10.2. The molecule has 3 aromatic rings. The van der Waals surface area contributed by atoms with Crippen LogP contribution in [0.15, 0.2) is 36.7 Å². The van der Waals surface area contributed by atoms with Crippen LogP contribution in [-0.2, 0) is 19.4 Å². The molecule has 0 saturated heterocycles. The maximum atomic E-state index is 12.7. The normalized spacial score (nSPS) is 13.2. The molecule has 2 heterocycles. The maximum Gasteiger partial charge on any atom is 0.256 e. The molecule has 0 spiro atoms. The molecule has 1 aromatic carbocycles. The fourth-order valence-electron chi connectivity index (χ4n) is 3.46. The van der Waals surface area contributed by atoms with Crippen LogP contribution in [0.1, 0.15) is 49.6 Å². The monoisotopic (exact) mass is 414 g/mol. The van der Waals surface area contributed by atoms with Crippen LogP contribution in [0.2, 0.25) is 5.02 Å². The lowest BCUT2D eigenvalue weighted by Crippen LogP contribution is -2.18. The maximum absolute atomic E-state index is 12.7. The van der Waals surface area contributed by atoms with Crippen LogP contribution in [0.3, 0.4) is 0 Å². The van der Waals surface area contributed by atoms with Crippen LogP contribution in [0.25, 0.3) is 0 Å². The molecule has 4 rings (SSSR count). The van der Waals surface area contributed by atoms with E-state index in [2.05, 4.69) is 10.4 Å². The number of thiophene rings is 1. The Morgan fingerprint density at radius 3 is 2.64 bits per heavy atom. The van der Waals surface area contributed by atoms with Gasteiger partial charge in [0.15, 0.2) is 0 Å². The molecule has 0 atom stereocenters. The summed E-state index contributed by atoms with van der Waals surface area (Å²) < 4.78 is 1.73. The predicted molar refractivity (Wildman–Crippen MR) is 110 cm³/mol.